The second kappa shape index (κ2) is 5.11. The molecule has 0 unspecified atom stereocenters. The summed E-state index contributed by atoms with van der Waals surface area (Å²) in [6.45, 7) is 0.478. The molecule has 0 aliphatic carbocycles. The Kier molecular flexibility index (Phi) is 3.32. The van der Waals surface area contributed by atoms with Crippen molar-refractivity contribution in [1.29, 1.82) is 0 Å². The first-order chi connectivity index (χ1) is 9.22. The molecule has 0 saturated carbocycles. The predicted molar refractivity (Wildman–Crippen MR) is 77.8 cm³/mol. The van der Waals surface area contributed by atoms with Gasteiger partial charge in [-0.1, -0.05) is 35.3 Å². The monoisotopic (exact) mass is 292 g/mol. The van der Waals surface area contributed by atoms with Crippen LogP contribution in [0.25, 0.3) is 11.1 Å². The van der Waals surface area contributed by atoms with E-state index in [1.54, 1.807) is 6.07 Å². The van der Waals surface area contributed by atoms with Gasteiger partial charge in [0.1, 0.15) is 5.52 Å². The van der Waals surface area contributed by atoms with Crippen LogP contribution in [-0.4, -0.2) is 4.98 Å². The minimum atomic E-state index is 0.478. The Bertz CT molecular complexity index is 724. The number of hydrogen-bond donors (Lipinski definition) is 1. The smallest absolute Gasteiger partial charge is 0.214 e. The third-order valence-electron chi connectivity index (χ3n) is 2.68. The molecular formula is C14H10Cl2N2O. The van der Waals surface area contributed by atoms with Gasteiger partial charge in [-0.3, -0.25) is 0 Å². The van der Waals surface area contributed by atoms with Crippen molar-refractivity contribution < 1.29 is 4.42 Å². The van der Waals surface area contributed by atoms with Crippen molar-refractivity contribution in [1.82, 2.24) is 4.98 Å². The lowest BCUT2D eigenvalue weighted by Crippen LogP contribution is -1.99. The molecule has 0 atom stereocenters. The number of hydrogen-bond acceptors (Lipinski definition) is 3. The molecule has 0 radical (unpaired) electrons. The fourth-order valence-electron chi connectivity index (χ4n) is 1.81. The third kappa shape index (κ3) is 2.67. The Morgan fingerprint density at radius 1 is 1.11 bits per heavy atom. The van der Waals surface area contributed by atoms with Crippen LogP contribution in [0.4, 0.5) is 5.69 Å². The molecule has 0 aliphatic heterocycles. The average molecular weight is 293 g/mol. The van der Waals surface area contributed by atoms with Gasteiger partial charge in [-0.2, -0.15) is 0 Å². The lowest BCUT2D eigenvalue weighted by atomic mass is 10.3. The quantitative estimate of drug-likeness (QED) is 0.757. The second-order valence-corrected chi connectivity index (χ2v) is 4.90. The van der Waals surface area contributed by atoms with E-state index in [4.69, 9.17) is 27.6 Å². The van der Waals surface area contributed by atoms with E-state index < -0.39 is 0 Å². The molecule has 96 valence electrons. The van der Waals surface area contributed by atoms with Crippen molar-refractivity contribution in [2.24, 2.45) is 0 Å². The van der Waals surface area contributed by atoms with Gasteiger partial charge in [-0.25, -0.2) is 4.98 Å². The largest absolute Gasteiger partial charge is 0.437 e. The highest BCUT2D eigenvalue weighted by Gasteiger charge is 2.08. The standard InChI is InChI=1S/C14H10Cl2N2O/c15-9-3-1-4-10(7-9)17-8-13-18-12-6-2-5-11(16)14(12)19-13/h1-7,17H,8H2. The van der Waals surface area contributed by atoms with E-state index in [1.165, 1.54) is 0 Å². The molecule has 3 rings (SSSR count). The molecule has 0 fully saturated rings. The van der Waals surface area contributed by atoms with Crippen molar-refractivity contribution in [3.63, 3.8) is 0 Å². The number of para-hydroxylation sites is 1. The average Bonchev–Trinajstić information content (AvgIpc) is 2.81. The number of nitrogens with one attached hydrogen (secondary N) is 1. The molecule has 5 heteroatoms. The van der Waals surface area contributed by atoms with Gasteiger partial charge in [0, 0.05) is 10.7 Å². The molecule has 3 aromatic rings. The molecule has 0 saturated heterocycles. The topological polar surface area (TPSA) is 38.1 Å². The number of fused-ring (bicyclic) bond motifs is 1. The lowest BCUT2D eigenvalue weighted by Gasteiger charge is -2.03. The molecule has 1 aromatic heterocycles. The minimum absolute atomic E-state index is 0.478. The SMILES string of the molecule is Clc1cccc(NCc2nc3cccc(Cl)c3o2)c1. The van der Waals surface area contributed by atoms with Crippen LogP contribution < -0.4 is 5.32 Å². The molecule has 1 N–H and O–H groups in total. The molecule has 2 aromatic carbocycles. The summed E-state index contributed by atoms with van der Waals surface area (Å²) >= 11 is 12.0. The van der Waals surface area contributed by atoms with Crippen LogP contribution in [-0.2, 0) is 6.54 Å². The second-order valence-electron chi connectivity index (χ2n) is 4.06. The third-order valence-corrected chi connectivity index (χ3v) is 3.21. The molecule has 3 nitrogen and oxygen atoms in total. The van der Waals surface area contributed by atoms with E-state index in [9.17, 15) is 0 Å². The Morgan fingerprint density at radius 3 is 2.74 bits per heavy atom. The van der Waals surface area contributed by atoms with Crippen LogP contribution in [0.15, 0.2) is 46.9 Å². The summed E-state index contributed by atoms with van der Waals surface area (Å²) in [5.74, 6) is 0.586. The summed E-state index contributed by atoms with van der Waals surface area (Å²) in [4.78, 5) is 4.36. The number of halogens is 2. The molecule has 0 aliphatic rings. The van der Waals surface area contributed by atoms with Gasteiger partial charge in [0.25, 0.3) is 0 Å². The summed E-state index contributed by atoms with van der Waals surface area (Å²) in [5.41, 5.74) is 2.29. The Hall–Kier alpha value is -1.71. The molecular weight excluding hydrogens is 283 g/mol. The minimum Gasteiger partial charge on any atom is -0.437 e. The Balaban J connectivity index is 1.80. The number of oxazole rings is 1. The fraction of sp³-hybridized carbons (Fsp3) is 0.0714. The van der Waals surface area contributed by atoms with Crippen molar-refractivity contribution in [2.75, 3.05) is 5.32 Å². The van der Waals surface area contributed by atoms with Crippen LogP contribution >= 0.6 is 23.2 Å². The number of nitrogens with zero attached hydrogens (tertiary/aromatic N) is 1. The van der Waals surface area contributed by atoms with E-state index in [1.807, 2.05) is 36.4 Å². The van der Waals surface area contributed by atoms with Crippen LogP contribution in [0.3, 0.4) is 0 Å². The maximum atomic E-state index is 6.04. The maximum Gasteiger partial charge on any atom is 0.214 e. The van der Waals surface area contributed by atoms with Crippen LogP contribution in [0.5, 0.6) is 0 Å². The highest BCUT2D eigenvalue weighted by molar-refractivity contribution is 6.34. The van der Waals surface area contributed by atoms with Crippen molar-refractivity contribution >= 4 is 40.0 Å². The molecule has 0 amide bonds. The Morgan fingerprint density at radius 2 is 1.95 bits per heavy atom. The molecule has 0 spiro atoms. The van der Waals surface area contributed by atoms with Crippen molar-refractivity contribution in [2.45, 2.75) is 6.54 Å². The van der Waals surface area contributed by atoms with E-state index in [2.05, 4.69) is 10.3 Å². The number of aromatic nitrogens is 1. The molecule has 1 heterocycles. The highest BCUT2D eigenvalue weighted by Crippen LogP contribution is 2.24. The van der Waals surface area contributed by atoms with Gasteiger partial charge in [0.2, 0.25) is 5.89 Å². The lowest BCUT2D eigenvalue weighted by molar-refractivity contribution is 0.540. The van der Waals surface area contributed by atoms with Gasteiger partial charge < -0.3 is 9.73 Å². The van der Waals surface area contributed by atoms with Crippen LogP contribution in [0.1, 0.15) is 5.89 Å². The molecule has 19 heavy (non-hydrogen) atoms. The van der Waals surface area contributed by atoms with Crippen LogP contribution in [0, 0.1) is 0 Å². The number of anilines is 1. The summed E-state index contributed by atoms with van der Waals surface area (Å²) in [5, 5.41) is 4.45. The summed E-state index contributed by atoms with van der Waals surface area (Å²) in [6.07, 6.45) is 0. The maximum absolute atomic E-state index is 6.04. The van der Waals surface area contributed by atoms with Crippen molar-refractivity contribution in [3.8, 4) is 0 Å². The molecule has 0 bridgehead atoms. The van der Waals surface area contributed by atoms with E-state index in [0.717, 1.165) is 11.2 Å². The normalized spacial score (nSPS) is 10.8. The van der Waals surface area contributed by atoms with Crippen LogP contribution in [0.2, 0.25) is 10.0 Å². The highest BCUT2D eigenvalue weighted by atomic mass is 35.5. The van der Waals surface area contributed by atoms with Gasteiger partial charge in [0.05, 0.1) is 11.6 Å². The van der Waals surface area contributed by atoms with Crippen molar-refractivity contribution in [3.05, 3.63) is 58.4 Å². The zero-order chi connectivity index (χ0) is 13.2. The number of rotatable bonds is 3. The summed E-state index contributed by atoms with van der Waals surface area (Å²) < 4.78 is 5.61. The van der Waals surface area contributed by atoms with E-state index in [0.29, 0.717) is 28.1 Å². The van der Waals surface area contributed by atoms with Gasteiger partial charge in [-0.05, 0) is 30.3 Å². The summed E-state index contributed by atoms with van der Waals surface area (Å²) in [6, 6.07) is 13.0. The zero-order valence-electron chi connectivity index (χ0n) is 9.86. The summed E-state index contributed by atoms with van der Waals surface area (Å²) in [7, 11) is 0. The van der Waals surface area contributed by atoms with E-state index >= 15 is 0 Å². The van der Waals surface area contributed by atoms with E-state index in [-0.39, 0.29) is 0 Å². The van der Waals surface area contributed by atoms with Gasteiger partial charge >= 0.3 is 0 Å². The zero-order valence-corrected chi connectivity index (χ0v) is 11.4. The first-order valence-corrected chi connectivity index (χ1v) is 6.51. The first-order valence-electron chi connectivity index (χ1n) is 5.76. The fourth-order valence-corrected chi connectivity index (χ4v) is 2.21. The van der Waals surface area contributed by atoms with Gasteiger partial charge in [0.15, 0.2) is 5.58 Å². The number of benzene rings is 2. The first kappa shape index (κ1) is 12.3. The predicted octanol–water partition coefficient (Wildman–Crippen LogP) is 4.75. The Labute approximate surface area is 120 Å². The van der Waals surface area contributed by atoms with Gasteiger partial charge in [-0.15, -0.1) is 0 Å².